The largest absolute Gasteiger partial charge is 0.481 e. The monoisotopic (exact) mass is 285 g/mol. The summed E-state index contributed by atoms with van der Waals surface area (Å²) in [5.41, 5.74) is 0.237. The van der Waals surface area contributed by atoms with Gasteiger partial charge in [0, 0.05) is 10.0 Å². The normalized spacial score (nSPS) is 10.7. The van der Waals surface area contributed by atoms with Crippen LogP contribution in [0.3, 0.4) is 0 Å². The molecule has 0 aliphatic heterocycles. The van der Waals surface area contributed by atoms with Crippen LogP contribution in [0.1, 0.15) is 17.7 Å². The highest BCUT2D eigenvalue weighted by atomic mass is 79.9. The molecule has 0 saturated carbocycles. The third kappa shape index (κ3) is 2.33. The number of halogens is 4. The molecule has 0 saturated heterocycles. The average Bonchev–Trinajstić information content (AvgIpc) is 2.16. The van der Waals surface area contributed by atoms with Crippen molar-refractivity contribution < 1.29 is 13.5 Å². The fourth-order valence-electron chi connectivity index (χ4n) is 0.949. The Morgan fingerprint density at radius 2 is 2.29 bits per heavy atom. The molecule has 1 heterocycles. The van der Waals surface area contributed by atoms with Gasteiger partial charge in [-0.25, -0.2) is 13.8 Å². The van der Waals surface area contributed by atoms with Gasteiger partial charge in [0.25, 0.3) is 6.43 Å². The van der Waals surface area contributed by atoms with Crippen LogP contribution in [0.4, 0.5) is 8.78 Å². The molecule has 14 heavy (non-hydrogen) atoms. The van der Waals surface area contributed by atoms with Gasteiger partial charge in [0.05, 0.1) is 13.0 Å². The van der Waals surface area contributed by atoms with Crippen molar-refractivity contribution in [3.05, 3.63) is 21.8 Å². The fourth-order valence-corrected chi connectivity index (χ4v) is 1.68. The van der Waals surface area contributed by atoms with Crippen LogP contribution in [0, 0.1) is 0 Å². The number of methoxy groups -OCH3 is 1. The first-order valence-electron chi connectivity index (χ1n) is 3.67. The van der Waals surface area contributed by atoms with E-state index < -0.39 is 6.43 Å². The van der Waals surface area contributed by atoms with Crippen LogP contribution in [-0.4, -0.2) is 12.1 Å². The molecule has 1 rings (SSSR count). The van der Waals surface area contributed by atoms with E-state index in [1.807, 2.05) is 0 Å². The van der Waals surface area contributed by atoms with Crippen molar-refractivity contribution in [2.24, 2.45) is 0 Å². The Morgan fingerprint density at radius 1 is 1.64 bits per heavy atom. The Hall–Kier alpha value is -0.420. The van der Waals surface area contributed by atoms with E-state index >= 15 is 0 Å². The minimum Gasteiger partial charge on any atom is -0.481 e. The summed E-state index contributed by atoms with van der Waals surface area (Å²) in [6, 6.07) is 1.49. The van der Waals surface area contributed by atoms with E-state index in [0.717, 1.165) is 0 Å². The number of aromatic nitrogens is 1. The lowest BCUT2D eigenvalue weighted by atomic mass is 10.2. The van der Waals surface area contributed by atoms with Crippen LogP contribution in [0.15, 0.2) is 10.5 Å². The number of rotatable bonds is 3. The molecule has 0 aromatic carbocycles. The van der Waals surface area contributed by atoms with Crippen LogP contribution < -0.4 is 4.74 Å². The minimum absolute atomic E-state index is 0.138. The van der Waals surface area contributed by atoms with Gasteiger partial charge in [-0.15, -0.1) is 11.6 Å². The summed E-state index contributed by atoms with van der Waals surface area (Å²) < 4.78 is 29.9. The number of hydrogen-bond acceptors (Lipinski definition) is 2. The Morgan fingerprint density at radius 3 is 2.71 bits per heavy atom. The lowest BCUT2D eigenvalue weighted by molar-refractivity contribution is 0.144. The van der Waals surface area contributed by atoms with Crippen LogP contribution in [0.2, 0.25) is 0 Å². The van der Waals surface area contributed by atoms with Crippen LogP contribution in [0.25, 0.3) is 0 Å². The molecule has 0 spiro atoms. The van der Waals surface area contributed by atoms with Gasteiger partial charge >= 0.3 is 0 Å². The molecule has 6 heteroatoms. The predicted molar refractivity (Wildman–Crippen MR) is 53.0 cm³/mol. The van der Waals surface area contributed by atoms with Gasteiger partial charge in [-0.3, -0.25) is 0 Å². The molecular formula is C8H7BrClF2NO. The van der Waals surface area contributed by atoms with E-state index in [1.54, 1.807) is 0 Å². The first kappa shape index (κ1) is 11.7. The van der Waals surface area contributed by atoms with E-state index in [1.165, 1.54) is 13.2 Å². The zero-order valence-electron chi connectivity index (χ0n) is 7.23. The second-order valence-corrected chi connectivity index (χ2v) is 3.58. The summed E-state index contributed by atoms with van der Waals surface area (Å²) in [6.07, 6.45) is -2.64. The van der Waals surface area contributed by atoms with Crippen LogP contribution >= 0.6 is 27.5 Å². The molecule has 0 amide bonds. The summed E-state index contributed by atoms with van der Waals surface area (Å²) in [7, 11) is 1.36. The molecule has 78 valence electrons. The standard InChI is InChI=1S/C8H7BrClF2NO/c1-14-8-4(3-10)2-5(9)6(13-8)7(11)12/h2,7H,3H2,1H3. The van der Waals surface area contributed by atoms with Gasteiger partial charge in [-0.05, 0) is 22.0 Å². The van der Waals surface area contributed by atoms with Crippen molar-refractivity contribution in [2.45, 2.75) is 12.3 Å². The summed E-state index contributed by atoms with van der Waals surface area (Å²) in [4.78, 5) is 3.66. The average molecular weight is 287 g/mol. The van der Waals surface area contributed by atoms with Crippen molar-refractivity contribution >= 4 is 27.5 Å². The predicted octanol–water partition coefficient (Wildman–Crippen LogP) is 3.53. The third-order valence-electron chi connectivity index (χ3n) is 1.59. The summed E-state index contributed by atoms with van der Waals surface area (Å²) >= 11 is 8.58. The van der Waals surface area contributed by atoms with Gasteiger partial charge < -0.3 is 4.74 Å². The fraction of sp³-hybridized carbons (Fsp3) is 0.375. The van der Waals surface area contributed by atoms with Gasteiger partial charge in [0.1, 0.15) is 5.69 Å². The zero-order chi connectivity index (χ0) is 10.7. The lowest BCUT2D eigenvalue weighted by Gasteiger charge is -2.09. The zero-order valence-corrected chi connectivity index (χ0v) is 9.57. The van der Waals surface area contributed by atoms with E-state index in [-0.39, 0.29) is 21.9 Å². The van der Waals surface area contributed by atoms with E-state index in [0.29, 0.717) is 5.56 Å². The molecule has 2 nitrogen and oxygen atoms in total. The molecule has 0 unspecified atom stereocenters. The molecule has 0 radical (unpaired) electrons. The number of ether oxygens (including phenoxy) is 1. The van der Waals surface area contributed by atoms with E-state index in [9.17, 15) is 8.78 Å². The molecule has 0 bridgehead atoms. The van der Waals surface area contributed by atoms with Gasteiger partial charge in [0.15, 0.2) is 0 Å². The van der Waals surface area contributed by atoms with Crippen molar-refractivity contribution in [1.82, 2.24) is 4.98 Å². The van der Waals surface area contributed by atoms with Crippen molar-refractivity contribution in [3.63, 3.8) is 0 Å². The van der Waals surface area contributed by atoms with Crippen molar-refractivity contribution in [3.8, 4) is 5.88 Å². The summed E-state index contributed by atoms with van der Waals surface area (Å²) in [5, 5.41) is 0. The van der Waals surface area contributed by atoms with Gasteiger partial charge in [-0.2, -0.15) is 0 Å². The quantitative estimate of drug-likeness (QED) is 0.793. The smallest absolute Gasteiger partial charge is 0.281 e. The molecule has 1 aromatic rings. The maximum Gasteiger partial charge on any atom is 0.281 e. The minimum atomic E-state index is -2.64. The van der Waals surface area contributed by atoms with Crippen LogP contribution in [-0.2, 0) is 5.88 Å². The SMILES string of the molecule is COc1nc(C(F)F)c(Br)cc1CCl. The summed E-state index contributed by atoms with van der Waals surface area (Å²) in [5.74, 6) is 0.302. The number of hydrogen-bond donors (Lipinski definition) is 0. The highest BCUT2D eigenvalue weighted by Gasteiger charge is 2.17. The maximum absolute atomic E-state index is 12.4. The highest BCUT2D eigenvalue weighted by Crippen LogP contribution is 2.30. The Labute approximate surface area is 93.4 Å². The lowest BCUT2D eigenvalue weighted by Crippen LogP contribution is -1.99. The Bertz CT molecular complexity index is 335. The summed E-state index contributed by atoms with van der Waals surface area (Å²) in [6.45, 7) is 0. The van der Waals surface area contributed by atoms with Crippen LogP contribution in [0.5, 0.6) is 5.88 Å². The Kier molecular flexibility index (Phi) is 4.07. The topological polar surface area (TPSA) is 22.1 Å². The molecule has 0 aliphatic rings. The number of alkyl halides is 3. The number of pyridine rings is 1. The highest BCUT2D eigenvalue weighted by molar-refractivity contribution is 9.10. The second-order valence-electron chi connectivity index (χ2n) is 2.46. The second kappa shape index (κ2) is 4.89. The molecule has 0 fully saturated rings. The van der Waals surface area contributed by atoms with E-state index in [4.69, 9.17) is 16.3 Å². The first-order valence-corrected chi connectivity index (χ1v) is 5.00. The first-order chi connectivity index (χ1) is 6.60. The van der Waals surface area contributed by atoms with Crippen molar-refractivity contribution in [2.75, 3.05) is 7.11 Å². The number of nitrogens with zero attached hydrogens (tertiary/aromatic N) is 1. The van der Waals surface area contributed by atoms with E-state index in [2.05, 4.69) is 20.9 Å². The molecular weight excluding hydrogens is 279 g/mol. The molecule has 0 N–H and O–H groups in total. The third-order valence-corrected chi connectivity index (χ3v) is 2.51. The molecule has 0 atom stereocenters. The molecule has 1 aromatic heterocycles. The van der Waals surface area contributed by atoms with Gasteiger partial charge in [-0.1, -0.05) is 0 Å². The maximum atomic E-state index is 12.4. The Balaban J connectivity index is 3.23. The van der Waals surface area contributed by atoms with Gasteiger partial charge in [0.2, 0.25) is 5.88 Å². The molecule has 0 aliphatic carbocycles. The van der Waals surface area contributed by atoms with Crippen molar-refractivity contribution in [1.29, 1.82) is 0 Å².